The minimum Gasteiger partial charge on any atom is -0.473 e. The van der Waals surface area contributed by atoms with Crippen LogP contribution in [-0.2, 0) is 31.9 Å². The Morgan fingerprint density at radius 2 is 1.11 bits per heavy atom. The molecule has 6 rings (SSSR count). The standard InChI is InChI=1S/2C16H21NO2S.C2H2O4/c2*18-15-3-6-17(12-15)7-9-19-8-4-13-1-2-16-14(11-13)5-10-20-16;3-1(4)2(5)6/h2*1-2,5,10-11,15,18H,3-4,6-9,12H2;(H,3,4)(H,5,6)/t2*15-;/m11./s1. The van der Waals surface area contributed by atoms with E-state index in [9.17, 15) is 10.2 Å². The number of fused-ring (bicyclic) bond motifs is 2. The molecule has 0 bridgehead atoms. The predicted molar refractivity (Wildman–Crippen MR) is 182 cm³/mol. The molecular formula is C34H44N2O8S2. The Morgan fingerprint density at radius 1 is 0.674 bits per heavy atom. The summed E-state index contributed by atoms with van der Waals surface area (Å²) in [5.41, 5.74) is 2.68. The van der Waals surface area contributed by atoms with Gasteiger partial charge < -0.3 is 29.9 Å². The highest BCUT2D eigenvalue weighted by Gasteiger charge is 2.20. The highest BCUT2D eigenvalue weighted by Crippen LogP contribution is 2.23. The maximum absolute atomic E-state index is 9.44. The van der Waals surface area contributed by atoms with Gasteiger partial charge in [-0.1, -0.05) is 24.3 Å². The number of nitrogens with zero attached hydrogens (tertiary/aromatic N) is 2. The molecular weight excluding hydrogens is 629 g/mol. The van der Waals surface area contributed by atoms with Gasteiger partial charge in [-0.3, -0.25) is 9.80 Å². The second kappa shape index (κ2) is 19.0. The van der Waals surface area contributed by atoms with Gasteiger partial charge in [-0.25, -0.2) is 9.59 Å². The molecule has 10 nitrogen and oxygen atoms in total. The van der Waals surface area contributed by atoms with Crippen LogP contribution in [0, 0.1) is 0 Å². The van der Waals surface area contributed by atoms with Gasteiger partial charge in [-0.05, 0) is 82.6 Å². The van der Waals surface area contributed by atoms with Crippen LogP contribution in [0.1, 0.15) is 24.0 Å². The third-order valence-electron chi connectivity index (χ3n) is 7.89. The average Bonchev–Trinajstić information content (AvgIpc) is 3.85. The summed E-state index contributed by atoms with van der Waals surface area (Å²) in [6.45, 7) is 8.52. The van der Waals surface area contributed by atoms with Gasteiger partial charge in [0.15, 0.2) is 0 Å². The van der Waals surface area contributed by atoms with Gasteiger partial charge in [0.2, 0.25) is 0 Å². The van der Waals surface area contributed by atoms with E-state index < -0.39 is 11.9 Å². The van der Waals surface area contributed by atoms with E-state index >= 15 is 0 Å². The van der Waals surface area contributed by atoms with Crippen molar-refractivity contribution in [2.24, 2.45) is 0 Å². The summed E-state index contributed by atoms with van der Waals surface area (Å²) in [5.74, 6) is -3.65. The number of hydrogen-bond acceptors (Lipinski definition) is 10. The molecule has 2 aromatic carbocycles. The molecule has 0 amide bonds. The number of aliphatic hydroxyl groups excluding tert-OH is 2. The van der Waals surface area contributed by atoms with Crippen LogP contribution in [0.15, 0.2) is 59.3 Å². The molecule has 0 saturated carbocycles. The maximum Gasteiger partial charge on any atom is 0.414 e. The topological polar surface area (TPSA) is 140 Å². The second-order valence-electron chi connectivity index (χ2n) is 11.4. The van der Waals surface area contributed by atoms with Gasteiger partial charge in [0, 0.05) is 48.7 Å². The first-order valence-electron chi connectivity index (χ1n) is 15.6. The third-order valence-corrected chi connectivity index (χ3v) is 9.68. The van der Waals surface area contributed by atoms with E-state index in [0.717, 1.165) is 91.4 Å². The largest absolute Gasteiger partial charge is 0.473 e. The number of β-amino-alcohol motifs (C(OH)–C–C–N with tert-alkyl or cyclic N) is 2. The molecule has 0 radical (unpaired) electrons. The second-order valence-corrected chi connectivity index (χ2v) is 13.3. The molecule has 4 aromatic rings. The predicted octanol–water partition coefficient (Wildman–Crippen LogP) is 4.21. The molecule has 250 valence electrons. The number of thiophene rings is 2. The molecule has 0 aliphatic carbocycles. The molecule has 4 heterocycles. The molecule has 2 aliphatic heterocycles. The molecule has 2 fully saturated rings. The smallest absolute Gasteiger partial charge is 0.414 e. The lowest BCUT2D eigenvalue weighted by atomic mass is 10.1. The van der Waals surface area contributed by atoms with Crippen molar-refractivity contribution < 1.29 is 39.5 Å². The van der Waals surface area contributed by atoms with E-state index in [1.807, 2.05) is 0 Å². The van der Waals surface area contributed by atoms with E-state index in [0.29, 0.717) is 0 Å². The summed E-state index contributed by atoms with van der Waals surface area (Å²) in [6, 6.07) is 17.6. The Bertz CT molecular complexity index is 1400. The Balaban J connectivity index is 0.000000178. The van der Waals surface area contributed by atoms with E-state index in [-0.39, 0.29) is 12.2 Å². The third kappa shape index (κ3) is 12.3. The monoisotopic (exact) mass is 672 g/mol. The van der Waals surface area contributed by atoms with E-state index in [1.165, 1.54) is 31.3 Å². The lowest BCUT2D eigenvalue weighted by Crippen LogP contribution is -2.26. The fourth-order valence-electron chi connectivity index (χ4n) is 5.35. The Morgan fingerprint density at radius 3 is 1.48 bits per heavy atom. The fraction of sp³-hybridized carbons (Fsp3) is 0.471. The van der Waals surface area contributed by atoms with Gasteiger partial charge in [-0.15, -0.1) is 22.7 Å². The quantitative estimate of drug-likeness (QED) is 0.128. The average molecular weight is 673 g/mol. The van der Waals surface area contributed by atoms with Gasteiger partial charge in [0.1, 0.15) is 0 Å². The summed E-state index contributed by atoms with van der Waals surface area (Å²) < 4.78 is 14.1. The zero-order valence-electron chi connectivity index (χ0n) is 26.0. The van der Waals surface area contributed by atoms with Crippen molar-refractivity contribution in [2.45, 2.75) is 37.9 Å². The van der Waals surface area contributed by atoms with Gasteiger partial charge in [0.05, 0.1) is 38.6 Å². The summed E-state index contributed by atoms with van der Waals surface area (Å²) in [5, 5.41) is 40.6. The number of aliphatic hydroxyl groups is 2. The SMILES string of the molecule is O=C(O)C(=O)O.O[C@@H]1CCN(CCOCCc2ccc3sccc3c2)C1.O[C@@H]1CCN(CCOCCc2ccc3sccc3c2)C1. The first-order chi connectivity index (χ1) is 22.3. The van der Waals surface area contributed by atoms with Crippen LogP contribution in [0.2, 0.25) is 0 Å². The number of carbonyl (C=O) groups is 2. The van der Waals surface area contributed by atoms with E-state index in [2.05, 4.69) is 69.1 Å². The molecule has 2 aromatic heterocycles. The van der Waals surface area contributed by atoms with Crippen molar-refractivity contribution in [3.63, 3.8) is 0 Å². The molecule has 2 saturated heterocycles. The van der Waals surface area contributed by atoms with Crippen molar-refractivity contribution in [3.8, 4) is 0 Å². The Labute approximate surface area is 277 Å². The minimum absolute atomic E-state index is 0.132. The van der Waals surface area contributed by atoms with Gasteiger partial charge in [-0.2, -0.15) is 0 Å². The highest BCUT2D eigenvalue weighted by atomic mass is 32.1. The normalized spacial score (nSPS) is 18.3. The Kier molecular flexibility index (Phi) is 14.8. The van der Waals surface area contributed by atoms with Crippen LogP contribution in [0.5, 0.6) is 0 Å². The maximum atomic E-state index is 9.44. The molecule has 12 heteroatoms. The van der Waals surface area contributed by atoms with Gasteiger partial charge in [0.25, 0.3) is 0 Å². The summed E-state index contributed by atoms with van der Waals surface area (Å²) in [4.78, 5) is 22.7. The first-order valence-corrected chi connectivity index (χ1v) is 17.4. The molecule has 46 heavy (non-hydrogen) atoms. The van der Waals surface area contributed by atoms with Crippen LogP contribution in [0.25, 0.3) is 20.2 Å². The van der Waals surface area contributed by atoms with Crippen LogP contribution in [0.4, 0.5) is 0 Å². The van der Waals surface area contributed by atoms with Crippen LogP contribution in [0.3, 0.4) is 0 Å². The van der Waals surface area contributed by atoms with Crippen molar-refractivity contribution in [2.75, 3.05) is 65.7 Å². The zero-order chi connectivity index (χ0) is 32.7. The summed E-state index contributed by atoms with van der Waals surface area (Å²) in [7, 11) is 0. The molecule has 2 aliphatic rings. The van der Waals surface area contributed by atoms with Crippen molar-refractivity contribution >= 4 is 54.8 Å². The van der Waals surface area contributed by atoms with Crippen LogP contribution in [-0.4, -0.2) is 120 Å². The summed E-state index contributed by atoms with van der Waals surface area (Å²) >= 11 is 3.57. The highest BCUT2D eigenvalue weighted by molar-refractivity contribution is 7.17. The van der Waals surface area contributed by atoms with Crippen LogP contribution < -0.4 is 0 Å². The minimum atomic E-state index is -1.82. The molecule has 2 atom stereocenters. The number of hydrogen-bond donors (Lipinski definition) is 4. The number of aliphatic carboxylic acids is 2. The number of ether oxygens (including phenoxy) is 2. The molecule has 0 spiro atoms. The number of rotatable bonds is 12. The van der Waals surface area contributed by atoms with E-state index in [4.69, 9.17) is 29.3 Å². The lowest BCUT2D eigenvalue weighted by molar-refractivity contribution is -0.159. The zero-order valence-corrected chi connectivity index (χ0v) is 27.6. The van der Waals surface area contributed by atoms with Crippen molar-refractivity contribution in [1.29, 1.82) is 0 Å². The molecule has 4 N–H and O–H groups in total. The fourth-order valence-corrected chi connectivity index (χ4v) is 6.89. The number of likely N-dealkylation sites (tertiary alicyclic amines) is 2. The Hall–Kier alpha value is -2.94. The number of carboxylic acids is 2. The van der Waals surface area contributed by atoms with E-state index in [1.54, 1.807) is 22.7 Å². The van der Waals surface area contributed by atoms with Crippen molar-refractivity contribution in [1.82, 2.24) is 9.80 Å². The van der Waals surface area contributed by atoms with Gasteiger partial charge >= 0.3 is 11.9 Å². The van der Waals surface area contributed by atoms with Crippen LogP contribution >= 0.6 is 22.7 Å². The number of carboxylic acid groups (broad SMARTS) is 2. The molecule has 0 unspecified atom stereocenters. The summed E-state index contributed by atoms with van der Waals surface area (Å²) in [6.07, 6.45) is 3.48. The van der Waals surface area contributed by atoms with Crippen molar-refractivity contribution in [3.05, 3.63) is 70.4 Å². The lowest BCUT2D eigenvalue weighted by Gasteiger charge is -2.14. The first kappa shape index (κ1) is 35.9. The number of benzene rings is 2.